The van der Waals surface area contributed by atoms with Gasteiger partial charge in [0, 0.05) is 30.1 Å². The van der Waals surface area contributed by atoms with Crippen LogP contribution in [-0.4, -0.2) is 25.4 Å². The highest BCUT2D eigenvalue weighted by atomic mass is 19.1. The van der Waals surface area contributed by atoms with Crippen LogP contribution >= 0.6 is 0 Å². The van der Waals surface area contributed by atoms with Crippen LogP contribution in [-0.2, 0) is 7.05 Å². The molecule has 0 aliphatic carbocycles. The van der Waals surface area contributed by atoms with Gasteiger partial charge < -0.3 is 14.5 Å². The number of para-hydroxylation sites is 1. The van der Waals surface area contributed by atoms with Crippen molar-refractivity contribution in [3.8, 4) is 17.1 Å². The van der Waals surface area contributed by atoms with Gasteiger partial charge in [-0.15, -0.1) is 0 Å². The maximum absolute atomic E-state index is 13.3. The lowest BCUT2D eigenvalue weighted by molar-refractivity contribution is 0.112. The second-order valence-electron chi connectivity index (χ2n) is 7.61. The molecule has 0 unspecified atom stereocenters. The highest BCUT2D eigenvalue weighted by Gasteiger charge is 2.14. The summed E-state index contributed by atoms with van der Waals surface area (Å²) in [5.74, 6) is 0.462. The minimum Gasteiger partial charge on any atom is -0.354 e. The third kappa shape index (κ3) is 3.43. The summed E-state index contributed by atoms with van der Waals surface area (Å²) in [7, 11) is 1.93. The molecule has 32 heavy (non-hydrogen) atoms. The van der Waals surface area contributed by atoms with Crippen molar-refractivity contribution in [1.82, 2.24) is 19.1 Å². The van der Waals surface area contributed by atoms with Crippen molar-refractivity contribution in [2.45, 2.75) is 6.92 Å². The van der Waals surface area contributed by atoms with Crippen molar-refractivity contribution in [2.75, 3.05) is 5.32 Å². The lowest BCUT2D eigenvalue weighted by Crippen LogP contribution is -1.99. The number of rotatable bonds is 5. The Labute approximate surface area is 184 Å². The maximum Gasteiger partial charge on any atom is 0.152 e. The second kappa shape index (κ2) is 7.77. The summed E-state index contributed by atoms with van der Waals surface area (Å²) in [6, 6.07) is 17.8. The SMILES string of the molecule is Cc1cn(-c2ccc(Nc3cccc4c3nc(-c3ccc(F)cc3)n4C)cc2C=O)cn1. The van der Waals surface area contributed by atoms with Gasteiger partial charge >= 0.3 is 0 Å². The Morgan fingerprint density at radius 1 is 1.06 bits per heavy atom. The molecule has 0 aliphatic rings. The summed E-state index contributed by atoms with van der Waals surface area (Å²) in [5.41, 5.74) is 6.34. The van der Waals surface area contributed by atoms with Crippen LogP contribution in [0.2, 0.25) is 0 Å². The van der Waals surface area contributed by atoms with E-state index in [0.717, 1.165) is 51.5 Å². The molecule has 5 rings (SSSR count). The van der Waals surface area contributed by atoms with E-state index in [0.29, 0.717) is 5.56 Å². The van der Waals surface area contributed by atoms with Crippen molar-refractivity contribution in [1.29, 1.82) is 0 Å². The molecule has 0 radical (unpaired) electrons. The minimum absolute atomic E-state index is 0.282. The molecular weight excluding hydrogens is 405 g/mol. The fraction of sp³-hybridized carbons (Fsp3) is 0.0800. The van der Waals surface area contributed by atoms with E-state index in [-0.39, 0.29) is 5.82 Å². The zero-order chi connectivity index (χ0) is 22.2. The van der Waals surface area contributed by atoms with Crippen molar-refractivity contribution < 1.29 is 9.18 Å². The van der Waals surface area contributed by atoms with Crippen molar-refractivity contribution >= 4 is 28.7 Å². The van der Waals surface area contributed by atoms with E-state index in [1.165, 1.54) is 12.1 Å². The predicted molar refractivity (Wildman–Crippen MR) is 123 cm³/mol. The molecule has 2 aromatic heterocycles. The number of imidazole rings is 2. The van der Waals surface area contributed by atoms with Crippen molar-refractivity contribution in [2.24, 2.45) is 7.05 Å². The van der Waals surface area contributed by atoms with Crippen LogP contribution in [0.3, 0.4) is 0 Å². The zero-order valence-electron chi connectivity index (χ0n) is 17.6. The average molecular weight is 425 g/mol. The molecule has 0 saturated heterocycles. The van der Waals surface area contributed by atoms with Crippen LogP contribution < -0.4 is 5.32 Å². The van der Waals surface area contributed by atoms with E-state index >= 15 is 0 Å². The number of anilines is 2. The summed E-state index contributed by atoms with van der Waals surface area (Å²) in [5, 5.41) is 3.39. The van der Waals surface area contributed by atoms with Gasteiger partial charge in [0.25, 0.3) is 0 Å². The first-order valence-corrected chi connectivity index (χ1v) is 10.1. The van der Waals surface area contributed by atoms with Crippen LogP contribution in [0.4, 0.5) is 15.8 Å². The number of nitrogens with one attached hydrogen (secondary N) is 1. The molecular formula is C25H20FN5O. The molecule has 0 amide bonds. The number of carbonyl (C=O) groups is 1. The molecule has 158 valence electrons. The summed E-state index contributed by atoms with van der Waals surface area (Å²) < 4.78 is 17.2. The van der Waals surface area contributed by atoms with Crippen LogP contribution in [0.1, 0.15) is 16.1 Å². The average Bonchev–Trinajstić information content (AvgIpc) is 3.38. The van der Waals surface area contributed by atoms with Gasteiger partial charge in [-0.3, -0.25) is 4.79 Å². The predicted octanol–water partition coefficient (Wildman–Crippen LogP) is 5.43. The van der Waals surface area contributed by atoms with E-state index in [1.54, 1.807) is 24.5 Å². The second-order valence-corrected chi connectivity index (χ2v) is 7.61. The highest BCUT2D eigenvalue weighted by Crippen LogP contribution is 2.31. The molecule has 3 aromatic carbocycles. The minimum atomic E-state index is -0.282. The van der Waals surface area contributed by atoms with Gasteiger partial charge in [0.2, 0.25) is 0 Å². The van der Waals surface area contributed by atoms with Gasteiger partial charge in [-0.1, -0.05) is 6.07 Å². The number of nitrogens with zero attached hydrogens (tertiary/aromatic N) is 4. The van der Waals surface area contributed by atoms with Gasteiger partial charge in [0.05, 0.1) is 28.9 Å². The standard InChI is InChI=1S/C25H20FN5O/c1-16-13-31(15-27-16)22-11-10-20(12-18(22)14-32)28-21-4-3-5-23-24(21)29-25(30(23)2)17-6-8-19(26)9-7-17/h3-15,28H,1-2H3. The van der Waals surface area contributed by atoms with E-state index < -0.39 is 0 Å². The fourth-order valence-corrected chi connectivity index (χ4v) is 3.84. The summed E-state index contributed by atoms with van der Waals surface area (Å²) >= 11 is 0. The molecule has 0 spiro atoms. The Morgan fingerprint density at radius 3 is 2.59 bits per heavy atom. The number of aldehydes is 1. The van der Waals surface area contributed by atoms with E-state index in [4.69, 9.17) is 4.98 Å². The normalized spacial score (nSPS) is 11.1. The van der Waals surface area contributed by atoms with Gasteiger partial charge in [-0.05, 0) is 61.5 Å². The maximum atomic E-state index is 13.3. The molecule has 0 fully saturated rings. The molecule has 2 heterocycles. The molecule has 0 aliphatic heterocycles. The van der Waals surface area contributed by atoms with Crippen molar-refractivity contribution in [3.63, 3.8) is 0 Å². The van der Waals surface area contributed by atoms with E-state index in [1.807, 2.05) is 59.6 Å². The zero-order valence-corrected chi connectivity index (χ0v) is 17.6. The molecule has 6 nitrogen and oxygen atoms in total. The number of benzene rings is 3. The van der Waals surface area contributed by atoms with Crippen molar-refractivity contribution in [3.05, 3.63) is 90.3 Å². The summed E-state index contributed by atoms with van der Waals surface area (Å²) in [4.78, 5) is 20.8. The Bertz CT molecular complexity index is 1450. The van der Waals surface area contributed by atoms with Crippen LogP contribution in [0.5, 0.6) is 0 Å². The number of carbonyl (C=O) groups excluding carboxylic acids is 1. The molecule has 5 aromatic rings. The number of aryl methyl sites for hydroxylation is 2. The van der Waals surface area contributed by atoms with Gasteiger partial charge in [0.1, 0.15) is 17.2 Å². The largest absolute Gasteiger partial charge is 0.354 e. The quantitative estimate of drug-likeness (QED) is 0.382. The van der Waals surface area contributed by atoms with Gasteiger partial charge in [-0.2, -0.15) is 0 Å². The fourth-order valence-electron chi connectivity index (χ4n) is 3.84. The monoisotopic (exact) mass is 425 g/mol. The number of hydrogen-bond acceptors (Lipinski definition) is 4. The first-order chi connectivity index (χ1) is 15.5. The van der Waals surface area contributed by atoms with Crippen LogP contribution in [0.15, 0.2) is 73.2 Å². The van der Waals surface area contributed by atoms with Crippen LogP contribution in [0.25, 0.3) is 28.1 Å². The Balaban J connectivity index is 1.54. The number of hydrogen-bond donors (Lipinski definition) is 1. The van der Waals surface area contributed by atoms with Gasteiger partial charge in [0.15, 0.2) is 6.29 Å². The summed E-state index contributed by atoms with van der Waals surface area (Å²) in [6.07, 6.45) is 4.40. The first kappa shape index (κ1) is 19.7. The third-order valence-electron chi connectivity index (χ3n) is 5.44. The smallest absolute Gasteiger partial charge is 0.152 e. The Morgan fingerprint density at radius 2 is 1.88 bits per heavy atom. The lowest BCUT2D eigenvalue weighted by Gasteiger charge is -2.11. The lowest BCUT2D eigenvalue weighted by atomic mass is 10.1. The topological polar surface area (TPSA) is 64.7 Å². The summed E-state index contributed by atoms with van der Waals surface area (Å²) in [6.45, 7) is 1.90. The molecule has 7 heteroatoms. The van der Waals surface area contributed by atoms with Gasteiger partial charge in [-0.25, -0.2) is 14.4 Å². The first-order valence-electron chi connectivity index (χ1n) is 10.1. The van der Waals surface area contributed by atoms with E-state index in [9.17, 15) is 9.18 Å². The molecule has 1 N–H and O–H groups in total. The Hall–Kier alpha value is -4.26. The molecule has 0 atom stereocenters. The number of halogens is 1. The number of aromatic nitrogens is 4. The third-order valence-corrected chi connectivity index (χ3v) is 5.44. The molecule has 0 bridgehead atoms. The van der Waals surface area contributed by atoms with E-state index in [2.05, 4.69) is 10.3 Å². The molecule has 0 saturated carbocycles. The van der Waals surface area contributed by atoms with Crippen LogP contribution in [0, 0.1) is 12.7 Å². The Kier molecular flexibility index (Phi) is 4.78. The highest BCUT2D eigenvalue weighted by molar-refractivity contribution is 5.93. The number of fused-ring (bicyclic) bond motifs is 1.